The summed E-state index contributed by atoms with van der Waals surface area (Å²) in [4.78, 5) is 0. The van der Waals surface area contributed by atoms with Crippen molar-refractivity contribution in [2.24, 2.45) is 0 Å². The molecule has 0 aromatic heterocycles. The van der Waals surface area contributed by atoms with Gasteiger partial charge < -0.3 is 37.7 Å². The summed E-state index contributed by atoms with van der Waals surface area (Å²) in [6.07, 6.45) is 0. The van der Waals surface area contributed by atoms with E-state index in [4.69, 9.17) is 37.7 Å². The van der Waals surface area contributed by atoms with Gasteiger partial charge in [0.05, 0.1) is 0 Å². The van der Waals surface area contributed by atoms with Gasteiger partial charge in [-0.05, 0) is 26.2 Å². The molecule has 9 nitrogen and oxygen atoms in total. The molecule has 2 bridgehead atoms. The lowest BCUT2D eigenvalue weighted by atomic mass is 11.8. The topological polar surface area (TPSA) is 83.1 Å². The second kappa shape index (κ2) is 6.77. The molecule has 0 radical (unpaired) electrons. The SMILES string of the molecule is CO[Si]1(C)O[Si]2(C)O[Si](C)(C)O[Si](C)(C)O[Si](C)(O2)O[Si@@](C)(OC)O1. The van der Waals surface area contributed by atoms with Gasteiger partial charge in [0.25, 0.3) is 0 Å². The molecule has 2 fully saturated rings. The van der Waals surface area contributed by atoms with Crippen LogP contribution in [0.25, 0.3) is 0 Å². The van der Waals surface area contributed by atoms with Gasteiger partial charge in [0.2, 0.25) is 0 Å². The molecule has 2 rings (SSSR count). The Bertz CT molecular complexity index is 483. The first-order valence-electron chi connectivity index (χ1n) is 8.08. The monoisotopic (exact) mass is 462 g/mol. The van der Waals surface area contributed by atoms with E-state index in [1.54, 1.807) is 27.3 Å². The van der Waals surface area contributed by atoms with Gasteiger partial charge in [-0.3, -0.25) is 0 Å². The van der Waals surface area contributed by atoms with Crippen LogP contribution in [0, 0.1) is 0 Å². The normalized spacial score (nSPS) is 47.3. The molecule has 0 aliphatic carbocycles. The average Bonchev–Trinajstić information content (AvgIpc) is 2.30. The number of rotatable bonds is 2. The van der Waals surface area contributed by atoms with Crippen molar-refractivity contribution in [2.75, 3.05) is 14.2 Å². The average molecular weight is 463 g/mol. The maximum absolute atomic E-state index is 6.38. The number of fused-ring (bicyclic) bond motifs is 2. The van der Waals surface area contributed by atoms with Gasteiger partial charge in [0.1, 0.15) is 0 Å². The Morgan fingerprint density at radius 1 is 0.440 bits per heavy atom. The van der Waals surface area contributed by atoms with E-state index in [-0.39, 0.29) is 0 Å². The molecule has 0 saturated carbocycles. The number of hydrogen-bond acceptors (Lipinski definition) is 9. The van der Waals surface area contributed by atoms with Gasteiger partial charge in [-0.2, -0.15) is 0 Å². The molecule has 0 amide bonds. The van der Waals surface area contributed by atoms with E-state index in [1.165, 1.54) is 0 Å². The summed E-state index contributed by atoms with van der Waals surface area (Å²) in [5, 5.41) is 0. The lowest BCUT2D eigenvalue weighted by Crippen LogP contribution is -2.75. The van der Waals surface area contributed by atoms with Crippen LogP contribution in [0.3, 0.4) is 0 Å². The molecule has 2 saturated heterocycles. The van der Waals surface area contributed by atoms with E-state index < -0.39 is 52.3 Å². The van der Waals surface area contributed by atoms with Crippen molar-refractivity contribution in [2.45, 2.75) is 52.4 Å². The predicted octanol–water partition coefficient (Wildman–Crippen LogP) is 2.10. The third kappa shape index (κ3) is 5.48. The molecular formula is C10H30O9Si6. The molecule has 148 valence electrons. The minimum absolute atomic E-state index is 1.54. The van der Waals surface area contributed by atoms with E-state index in [1.807, 2.05) is 39.3 Å². The Balaban J connectivity index is 2.51. The third-order valence-electron chi connectivity index (χ3n) is 3.58. The predicted molar refractivity (Wildman–Crippen MR) is 103 cm³/mol. The first-order chi connectivity index (χ1) is 11.1. The Morgan fingerprint density at radius 2 is 0.800 bits per heavy atom. The van der Waals surface area contributed by atoms with Crippen molar-refractivity contribution in [1.82, 2.24) is 0 Å². The summed E-state index contributed by atoms with van der Waals surface area (Å²) in [5.74, 6) is 0. The van der Waals surface area contributed by atoms with Crippen LogP contribution in [0.1, 0.15) is 0 Å². The molecule has 15 heteroatoms. The lowest BCUT2D eigenvalue weighted by Gasteiger charge is -2.51. The molecule has 0 aromatic rings. The summed E-state index contributed by atoms with van der Waals surface area (Å²) >= 11 is 0. The molecule has 0 aromatic carbocycles. The minimum atomic E-state index is -3.20. The van der Waals surface area contributed by atoms with Crippen LogP contribution in [0.5, 0.6) is 0 Å². The van der Waals surface area contributed by atoms with Crippen LogP contribution in [-0.2, 0) is 37.7 Å². The van der Waals surface area contributed by atoms with Crippen LogP contribution >= 0.6 is 0 Å². The largest absolute Gasteiger partial charge is 0.482 e. The van der Waals surface area contributed by atoms with E-state index in [9.17, 15) is 0 Å². The van der Waals surface area contributed by atoms with Crippen LogP contribution in [0.15, 0.2) is 0 Å². The van der Waals surface area contributed by atoms with Crippen LogP contribution < -0.4 is 0 Å². The zero-order chi connectivity index (χ0) is 19.4. The van der Waals surface area contributed by atoms with Gasteiger partial charge >= 0.3 is 52.3 Å². The van der Waals surface area contributed by atoms with Crippen molar-refractivity contribution < 1.29 is 37.7 Å². The first-order valence-corrected chi connectivity index (χ1v) is 22.6. The lowest BCUT2D eigenvalue weighted by molar-refractivity contribution is 0.0542. The highest BCUT2D eigenvalue weighted by atomic mass is 28.6. The van der Waals surface area contributed by atoms with Gasteiger partial charge in [0, 0.05) is 40.4 Å². The highest BCUT2D eigenvalue weighted by Crippen LogP contribution is 2.37. The van der Waals surface area contributed by atoms with Crippen LogP contribution in [-0.4, -0.2) is 66.6 Å². The Kier molecular flexibility index (Phi) is 6.02. The second-order valence-electron chi connectivity index (χ2n) is 7.37. The summed E-state index contributed by atoms with van der Waals surface area (Å²) < 4.78 is 55.3. The molecule has 2 heterocycles. The fourth-order valence-electron chi connectivity index (χ4n) is 3.21. The number of hydrogen-bond donors (Lipinski definition) is 0. The first kappa shape index (κ1) is 22.2. The van der Waals surface area contributed by atoms with Crippen molar-refractivity contribution in [3.63, 3.8) is 0 Å². The molecule has 3 unspecified atom stereocenters. The molecule has 2 aliphatic heterocycles. The molecular weight excluding hydrogens is 433 g/mol. The molecule has 0 N–H and O–H groups in total. The summed E-state index contributed by atoms with van der Waals surface area (Å²) in [6.45, 7) is 15.0. The Hall–Kier alpha value is 0.941. The minimum Gasteiger partial charge on any atom is -0.416 e. The fourth-order valence-corrected chi connectivity index (χ4v) is 32.6. The van der Waals surface area contributed by atoms with Gasteiger partial charge in [-0.15, -0.1) is 0 Å². The Labute approximate surface area is 156 Å². The van der Waals surface area contributed by atoms with Crippen molar-refractivity contribution in [3.8, 4) is 0 Å². The fraction of sp³-hybridized carbons (Fsp3) is 1.00. The highest BCUT2D eigenvalue weighted by molar-refractivity contribution is 6.95. The maximum atomic E-state index is 6.38. The summed E-state index contributed by atoms with van der Waals surface area (Å²) in [7, 11) is -14.6. The highest BCUT2D eigenvalue weighted by Gasteiger charge is 2.65. The van der Waals surface area contributed by atoms with Crippen molar-refractivity contribution >= 4 is 52.3 Å². The van der Waals surface area contributed by atoms with Gasteiger partial charge in [-0.1, -0.05) is 0 Å². The smallest absolute Gasteiger partial charge is 0.416 e. The third-order valence-corrected chi connectivity index (χ3v) is 27.8. The summed E-state index contributed by atoms with van der Waals surface area (Å²) in [5.41, 5.74) is 0. The van der Waals surface area contributed by atoms with Crippen LogP contribution in [0.2, 0.25) is 52.4 Å². The molecule has 4 atom stereocenters. The maximum Gasteiger partial charge on any atom is 0.482 e. The standard InChI is InChI=1S/C10H30O9Si6/c1-11-22(7)16-23(8,12-2)18-25(10)15-21(5,6)13-20(3,4)14-24(9,17-22)19-25/h1-10H3/t22-,23?,24?,25?/m0/s1. The summed E-state index contributed by atoms with van der Waals surface area (Å²) in [6, 6.07) is 0. The zero-order valence-corrected chi connectivity index (χ0v) is 22.7. The molecule has 2 aliphatic rings. The molecule has 25 heavy (non-hydrogen) atoms. The van der Waals surface area contributed by atoms with Crippen LogP contribution in [0.4, 0.5) is 0 Å². The zero-order valence-electron chi connectivity index (χ0n) is 16.7. The Morgan fingerprint density at radius 3 is 1.12 bits per heavy atom. The quantitative estimate of drug-likeness (QED) is 0.573. The van der Waals surface area contributed by atoms with Crippen molar-refractivity contribution in [3.05, 3.63) is 0 Å². The van der Waals surface area contributed by atoms with E-state index in [0.717, 1.165) is 0 Å². The second-order valence-corrected chi connectivity index (χ2v) is 26.4. The van der Waals surface area contributed by atoms with E-state index >= 15 is 0 Å². The van der Waals surface area contributed by atoms with Gasteiger partial charge in [0.15, 0.2) is 0 Å². The van der Waals surface area contributed by atoms with E-state index in [2.05, 4.69) is 0 Å². The van der Waals surface area contributed by atoms with Gasteiger partial charge in [-0.25, -0.2) is 0 Å². The van der Waals surface area contributed by atoms with Crippen molar-refractivity contribution in [1.29, 1.82) is 0 Å². The molecule has 0 spiro atoms. The van der Waals surface area contributed by atoms with E-state index in [0.29, 0.717) is 0 Å².